The Morgan fingerprint density at radius 2 is 1.30 bits per heavy atom. The summed E-state index contributed by atoms with van der Waals surface area (Å²) in [5.41, 5.74) is 1.52. The summed E-state index contributed by atoms with van der Waals surface area (Å²) in [4.78, 5) is 4.63. The average molecular weight is 410 g/mol. The van der Waals surface area contributed by atoms with Gasteiger partial charge in [0, 0.05) is 43.8 Å². The third-order valence-electron chi connectivity index (χ3n) is 4.55. The van der Waals surface area contributed by atoms with E-state index in [0.29, 0.717) is 5.69 Å². The van der Waals surface area contributed by atoms with Gasteiger partial charge in [0.1, 0.15) is 0 Å². The molecule has 0 spiro atoms. The van der Waals surface area contributed by atoms with Crippen LogP contribution in [-0.2, 0) is 19.9 Å². The molecule has 1 N–H and O–H groups in total. The summed E-state index contributed by atoms with van der Waals surface area (Å²) in [7, 11) is -5.06. The Hall–Kier alpha value is -2.10. The monoisotopic (exact) mass is 409 g/mol. The van der Waals surface area contributed by atoms with Crippen molar-refractivity contribution < 1.29 is 16.8 Å². The van der Waals surface area contributed by atoms with E-state index in [2.05, 4.69) is 21.6 Å². The van der Waals surface area contributed by atoms with E-state index >= 15 is 0 Å². The smallest absolute Gasteiger partial charge is 0.261 e. The van der Waals surface area contributed by atoms with Crippen LogP contribution in [0.15, 0.2) is 58.3 Å². The first-order valence-corrected chi connectivity index (χ1v) is 11.9. The van der Waals surface area contributed by atoms with E-state index in [-0.39, 0.29) is 9.79 Å². The van der Waals surface area contributed by atoms with Crippen LogP contribution in [-0.4, -0.2) is 61.2 Å². The number of anilines is 2. The van der Waals surface area contributed by atoms with Crippen LogP contribution in [0.3, 0.4) is 0 Å². The van der Waals surface area contributed by atoms with Gasteiger partial charge >= 0.3 is 0 Å². The SMILES string of the molecule is CN1CCN(c2ccc(NS(=O)(=O)c3ccc(S(C)(=O)=O)cc3)cc2)CC1. The van der Waals surface area contributed by atoms with E-state index in [1.165, 1.54) is 24.3 Å². The van der Waals surface area contributed by atoms with Gasteiger partial charge in [0.2, 0.25) is 0 Å². The first kappa shape index (κ1) is 19.7. The van der Waals surface area contributed by atoms with Gasteiger partial charge < -0.3 is 9.80 Å². The van der Waals surface area contributed by atoms with Crippen molar-refractivity contribution in [1.29, 1.82) is 0 Å². The minimum Gasteiger partial charge on any atom is -0.369 e. The summed E-state index contributed by atoms with van der Waals surface area (Å²) < 4.78 is 50.5. The van der Waals surface area contributed by atoms with E-state index in [4.69, 9.17) is 0 Å². The molecule has 2 aromatic carbocycles. The molecule has 1 aliphatic rings. The summed E-state index contributed by atoms with van der Waals surface area (Å²) in [6.07, 6.45) is 1.08. The van der Waals surface area contributed by atoms with Crippen LogP contribution in [0.2, 0.25) is 0 Å². The summed E-state index contributed by atoms with van der Waals surface area (Å²) in [5.74, 6) is 0. The zero-order valence-electron chi connectivity index (χ0n) is 15.3. The van der Waals surface area contributed by atoms with Gasteiger partial charge in [-0.25, -0.2) is 16.8 Å². The number of nitrogens with one attached hydrogen (secondary N) is 1. The zero-order valence-corrected chi connectivity index (χ0v) is 16.9. The highest BCUT2D eigenvalue weighted by Gasteiger charge is 2.17. The molecule has 7 nitrogen and oxygen atoms in total. The number of likely N-dealkylation sites (N-methyl/N-ethyl adjacent to an activating group) is 1. The Morgan fingerprint density at radius 3 is 1.81 bits per heavy atom. The fraction of sp³-hybridized carbons (Fsp3) is 0.333. The molecule has 0 radical (unpaired) electrons. The average Bonchev–Trinajstić information content (AvgIpc) is 2.62. The molecule has 1 saturated heterocycles. The van der Waals surface area contributed by atoms with Crippen molar-refractivity contribution in [3.05, 3.63) is 48.5 Å². The Kier molecular flexibility index (Phi) is 5.45. The third kappa shape index (κ3) is 4.79. The van der Waals surface area contributed by atoms with Crippen LogP contribution in [0, 0.1) is 0 Å². The van der Waals surface area contributed by atoms with Crippen molar-refractivity contribution in [2.75, 3.05) is 49.1 Å². The fourth-order valence-electron chi connectivity index (χ4n) is 2.89. The highest BCUT2D eigenvalue weighted by molar-refractivity contribution is 7.92. The van der Waals surface area contributed by atoms with Gasteiger partial charge in [-0.3, -0.25) is 4.72 Å². The number of sulfonamides is 1. The molecular formula is C18H23N3O4S2. The summed E-state index contributed by atoms with van der Waals surface area (Å²) >= 11 is 0. The Balaban J connectivity index is 1.72. The summed E-state index contributed by atoms with van der Waals surface area (Å²) in [5, 5.41) is 0. The van der Waals surface area contributed by atoms with Crippen molar-refractivity contribution in [2.24, 2.45) is 0 Å². The Morgan fingerprint density at radius 1 is 0.778 bits per heavy atom. The standard InChI is InChI=1S/C18H23N3O4S2/c1-20-11-13-21(14-12-20)16-5-3-15(4-6-16)19-27(24,25)18-9-7-17(8-10-18)26(2,22)23/h3-10,19H,11-14H2,1-2H3. The van der Waals surface area contributed by atoms with Gasteiger partial charge in [-0.15, -0.1) is 0 Å². The van der Waals surface area contributed by atoms with Gasteiger partial charge in [-0.2, -0.15) is 0 Å². The third-order valence-corrected chi connectivity index (χ3v) is 7.08. The van der Waals surface area contributed by atoms with Crippen LogP contribution in [0.4, 0.5) is 11.4 Å². The van der Waals surface area contributed by atoms with Crippen LogP contribution < -0.4 is 9.62 Å². The predicted octanol–water partition coefficient (Wildman–Crippen LogP) is 1.64. The summed E-state index contributed by atoms with van der Waals surface area (Å²) in [6.45, 7) is 3.87. The lowest BCUT2D eigenvalue weighted by Gasteiger charge is -2.34. The van der Waals surface area contributed by atoms with Gasteiger partial charge in [0.05, 0.1) is 9.79 Å². The number of benzene rings is 2. The molecule has 27 heavy (non-hydrogen) atoms. The molecule has 3 rings (SSSR count). The Labute approximate surface area is 160 Å². The van der Waals surface area contributed by atoms with E-state index < -0.39 is 19.9 Å². The first-order chi connectivity index (χ1) is 12.6. The van der Waals surface area contributed by atoms with Crippen LogP contribution in [0.5, 0.6) is 0 Å². The number of piperazine rings is 1. The largest absolute Gasteiger partial charge is 0.369 e. The number of hydrogen-bond acceptors (Lipinski definition) is 6. The van der Waals surface area contributed by atoms with E-state index in [9.17, 15) is 16.8 Å². The maximum absolute atomic E-state index is 12.5. The van der Waals surface area contributed by atoms with Gasteiger partial charge in [0.25, 0.3) is 10.0 Å². The fourth-order valence-corrected chi connectivity index (χ4v) is 4.57. The molecule has 0 unspecified atom stereocenters. The lowest BCUT2D eigenvalue weighted by Crippen LogP contribution is -2.44. The second-order valence-corrected chi connectivity index (χ2v) is 10.4. The molecule has 0 bridgehead atoms. The van der Waals surface area contributed by atoms with Crippen LogP contribution >= 0.6 is 0 Å². The lowest BCUT2D eigenvalue weighted by atomic mass is 10.2. The molecular weight excluding hydrogens is 386 g/mol. The van der Waals surface area contributed by atoms with Gasteiger partial charge in [-0.1, -0.05) is 0 Å². The molecule has 0 atom stereocenters. The maximum atomic E-state index is 12.5. The zero-order chi connectivity index (χ0) is 19.7. The molecule has 0 amide bonds. The first-order valence-electron chi connectivity index (χ1n) is 8.52. The minimum atomic E-state index is -3.79. The molecule has 0 aromatic heterocycles. The summed E-state index contributed by atoms with van der Waals surface area (Å²) in [6, 6.07) is 12.4. The topological polar surface area (TPSA) is 86.8 Å². The molecule has 1 aliphatic heterocycles. The number of rotatable bonds is 5. The lowest BCUT2D eigenvalue weighted by molar-refractivity contribution is 0.313. The second kappa shape index (κ2) is 7.49. The minimum absolute atomic E-state index is 0.0121. The van der Waals surface area contributed by atoms with E-state index in [0.717, 1.165) is 38.1 Å². The van der Waals surface area contributed by atoms with Gasteiger partial charge in [-0.05, 0) is 55.6 Å². The highest BCUT2D eigenvalue weighted by Crippen LogP contribution is 2.22. The second-order valence-electron chi connectivity index (χ2n) is 6.69. The molecule has 1 heterocycles. The Bertz CT molecular complexity index is 994. The molecule has 146 valence electrons. The van der Waals surface area contributed by atoms with Crippen LogP contribution in [0.25, 0.3) is 0 Å². The van der Waals surface area contributed by atoms with Crippen molar-refractivity contribution >= 4 is 31.2 Å². The number of nitrogens with zero attached hydrogens (tertiary/aromatic N) is 2. The van der Waals surface area contributed by atoms with Crippen molar-refractivity contribution in [3.63, 3.8) is 0 Å². The van der Waals surface area contributed by atoms with Crippen molar-refractivity contribution in [2.45, 2.75) is 9.79 Å². The van der Waals surface area contributed by atoms with Gasteiger partial charge in [0.15, 0.2) is 9.84 Å². The maximum Gasteiger partial charge on any atom is 0.261 e. The number of hydrogen-bond donors (Lipinski definition) is 1. The molecule has 0 aliphatic carbocycles. The van der Waals surface area contributed by atoms with Crippen molar-refractivity contribution in [1.82, 2.24) is 4.90 Å². The molecule has 2 aromatic rings. The predicted molar refractivity (Wildman–Crippen MR) is 107 cm³/mol. The molecule has 0 saturated carbocycles. The highest BCUT2D eigenvalue weighted by atomic mass is 32.2. The van der Waals surface area contributed by atoms with E-state index in [1.54, 1.807) is 12.1 Å². The normalized spacial score (nSPS) is 16.3. The van der Waals surface area contributed by atoms with Crippen LogP contribution in [0.1, 0.15) is 0 Å². The molecule has 1 fully saturated rings. The quantitative estimate of drug-likeness (QED) is 0.808. The van der Waals surface area contributed by atoms with E-state index in [1.807, 2.05) is 12.1 Å². The van der Waals surface area contributed by atoms with Crippen molar-refractivity contribution in [3.8, 4) is 0 Å². The molecule has 9 heteroatoms. The number of sulfone groups is 1.